The largest absolute Gasteiger partial charge is 0.492 e. The molecule has 0 radical (unpaired) electrons. The van der Waals surface area contributed by atoms with Gasteiger partial charge in [0.2, 0.25) is 5.91 Å². The van der Waals surface area contributed by atoms with Crippen LogP contribution in [0, 0.1) is 11.7 Å². The van der Waals surface area contributed by atoms with Gasteiger partial charge in [0.15, 0.2) is 0 Å². The predicted molar refractivity (Wildman–Crippen MR) is 164 cm³/mol. The summed E-state index contributed by atoms with van der Waals surface area (Å²) in [6, 6.07) is 6.98. The van der Waals surface area contributed by atoms with Crippen LogP contribution < -0.4 is 10.1 Å². The normalized spacial score (nSPS) is 18.1. The van der Waals surface area contributed by atoms with Crippen LogP contribution in [0.1, 0.15) is 59.4 Å². The van der Waals surface area contributed by atoms with Crippen molar-refractivity contribution in [2.75, 3.05) is 32.8 Å². The molecule has 10 nitrogen and oxygen atoms in total. The molecule has 0 saturated carbocycles. The Labute approximate surface area is 263 Å². The summed E-state index contributed by atoms with van der Waals surface area (Å²) in [6.07, 6.45) is 0.954. The Balaban J connectivity index is 1.35. The van der Waals surface area contributed by atoms with E-state index in [4.69, 9.17) is 14.2 Å². The lowest BCUT2D eigenvalue weighted by molar-refractivity contribution is -0.132. The highest BCUT2D eigenvalue weighted by Gasteiger charge is 2.33. The van der Waals surface area contributed by atoms with Crippen molar-refractivity contribution in [1.29, 1.82) is 0 Å². The van der Waals surface area contributed by atoms with Crippen LogP contribution in [-0.4, -0.2) is 89.6 Å². The molecule has 3 amide bonds. The van der Waals surface area contributed by atoms with Crippen LogP contribution in [0.15, 0.2) is 36.5 Å². The van der Waals surface area contributed by atoms with Crippen LogP contribution in [0.3, 0.4) is 0 Å². The van der Waals surface area contributed by atoms with E-state index in [0.717, 1.165) is 12.8 Å². The molecule has 2 saturated heterocycles. The van der Waals surface area contributed by atoms with E-state index >= 15 is 4.39 Å². The highest BCUT2D eigenvalue weighted by atomic mass is 19.1. The average molecular weight is 631 g/mol. The maximum absolute atomic E-state index is 15.3. The number of nitrogens with one attached hydrogen (secondary N) is 1. The molecule has 1 aromatic carbocycles. The number of carbonyl (C=O) groups is 3. The van der Waals surface area contributed by atoms with Crippen LogP contribution in [0.5, 0.6) is 5.75 Å². The molecule has 1 N–H and O–H groups in total. The van der Waals surface area contributed by atoms with Crippen molar-refractivity contribution in [3.05, 3.63) is 47.9 Å². The van der Waals surface area contributed by atoms with E-state index in [1.807, 2.05) is 13.8 Å². The van der Waals surface area contributed by atoms with E-state index in [9.17, 15) is 18.8 Å². The van der Waals surface area contributed by atoms with Gasteiger partial charge in [-0.3, -0.25) is 9.78 Å². The smallest absolute Gasteiger partial charge is 0.410 e. The number of aromatic nitrogens is 1. The molecule has 1 aromatic heterocycles. The van der Waals surface area contributed by atoms with Gasteiger partial charge in [-0.15, -0.1) is 0 Å². The fraction of sp³-hybridized carbons (Fsp3) is 0.576. The van der Waals surface area contributed by atoms with Gasteiger partial charge in [-0.1, -0.05) is 12.1 Å². The van der Waals surface area contributed by atoms with Gasteiger partial charge in [-0.25, -0.2) is 18.4 Å². The highest BCUT2D eigenvalue weighted by molar-refractivity contribution is 5.86. The number of amides is 3. The molecule has 45 heavy (non-hydrogen) atoms. The highest BCUT2D eigenvalue weighted by Crippen LogP contribution is 2.25. The van der Waals surface area contributed by atoms with Crippen molar-refractivity contribution < 1.29 is 37.4 Å². The summed E-state index contributed by atoms with van der Waals surface area (Å²) in [5.74, 6) is -0.156. The summed E-state index contributed by atoms with van der Waals surface area (Å²) in [5.41, 5.74) is 0.493. The first-order valence-corrected chi connectivity index (χ1v) is 15.5. The maximum Gasteiger partial charge on any atom is 0.410 e. The van der Waals surface area contributed by atoms with E-state index in [2.05, 4.69) is 10.3 Å². The first-order chi connectivity index (χ1) is 21.3. The first-order valence-electron chi connectivity index (χ1n) is 15.5. The molecule has 0 spiro atoms. The summed E-state index contributed by atoms with van der Waals surface area (Å²) < 4.78 is 45.7. The number of alkyl carbamates (subject to hydrolysis) is 1. The fourth-order valence-electron chi connectivity index (χ4n) is 5.29. The third-order valence-corrected chi connectivity index (χ3v) is 7.64. The molecule has 0 aliphatic carbocycles. The van der Waals surface area contributed by atoms with E-state index in [-0.39, 0.29) is 43.7 Å². The van der Waals surface area contributed by atoms with Crippen molar-refractivity contribution in [2.24, 2.45) is 5.92 Å². The Bertz CT molecular complexity index is 1330. The number of hydrogen-bond acceptors (Lipinski definition) is 7. The Morgan fingerprint density at radius 2 is 1.76 bits per heavy atom. The Morgan fingerprint density at radius 3 is 2.33 bits per heavy atom. The summed E-state index contributed by atoms with van der Waals surface area (Å²) in [4.78, 5) is 45.3. The number of benzene rings is 1. The predicted octanol–water partition coefficient (Wildman–Crippen LogP) is 5.53. The minimum Gasteiger partial charge on any atom is -0.492 e. The van der Waals surface area contributed by atoms with Gasteiger partial charge < -0.3 is 29.3 Å². The summed E-state index contributed by atoms with van der Waals surface area (Å²) >= 11 is 0. The molecule has 2 aliphatic rings. The van der Waals surface area contributed by atoms with Crippen molar-refractivity contribution in [3.63, 3.8) is 0 Å². The van der Waals surface area contributed by atoms with Crippen molar-refractivity contribution in [3.8, 4) is 17.0 Å². The zero-order chi connectivity index (χ0) is 32.7. The van der Waals surface area contributed by atoms with Crippen molar-refractivity contribution in [2.45, 2.75) is 84.2 Å². The van der Waals surface area contributed by atoms with Crippen LogP contribution in [0.25, 0.3) is 11.3 Å². The lowest BCUT2D eigenvalue weighted by Crippen LogP contribution is -2.50. The van der Waals surface area contributed by atoms with Gasteiger partial charge in [-0.2, -0.15) is 0 Å². The molecule has 2 aromatic rings. The van der Waals surface area contributed by atoms with Crippen LogP contribution >= 0.6 is 0 Å². The number of hydrogen-bond donors (Lipinski definition) is 1. The molecule has 2 fully saturated rings. The number of nitrogens with zero attached hydrogens (tertiary/aromatic N) is 3. The van der Waals surface area contributed by atoms with E-state index in [1.165, 1.54) is 11.0 Å². The molecular weight excluding hydrogens is 586 g/mol. The van der Waals surface area contributed by atoms with Crippen molar-refractivity contribution >= 4 is 18.1 Å². The number of halogens is 2. The third kappa shape index (κ3) is 10.0. The number of pyridine rings is 1. The second-order valence-corrected chi connectivity index (χ2v) is 12.9. The molecule has 12 heteroatoms. The maximum atomic E-state index is 15.3. The standard InChI is InChI=1S/C33H44F2N4O6/c1-21(2)44-32(42)38-13-10-22(11-14-38)20-43-26-8-9-28(36-18-26)24-7-6-23(27(35)16-24)17-29(37-31(41)45-33(3,4)5)30(40)39-15-12-25(34)19-39/h6-9,16,18,21-22,25,29H,10-15,17,19-20H2,1-5H3,(H,37,41)/t25-,29?/m0/s1. The van der Waals surface area contributed by atoms with Gasteiger partial charge in [-0.05, 0) is 83.6 Å². The Morgan fingerprint density at radius 1 is 1.04 bits per heavy atom. The number of piperidine rings is 1. The van der Waals surface area contributed by atoms with Gasteiger partial charge in [0.05, 0.1) is 31.1 Å². The molecule has 2 aliphatic heterocycles. The van der Waals surface area contributed by atoms with Gasteiger partial charge in [0.25, 0.3) is 0 Å². The zero-order valence-electron chi connectivity index (χ0n) is 26.7. The van der Waals surface area contributed by atoms with E-state index in [0.29, 0.717) is 42.6 Å². The second kappa shape index (κ2) is 14.9. The van der Waals surface area contributed by atoms with Crippen LogP contribution in [0.2, 0.25) is 0 Å². The van der Waals surface area contributed by atoms with E-state index < -0.39 is 35.6 Å². The quantitative estimate of drug-likeness (QED) is 0.388. The lowest BCUT2D eigenvalue weighted by atomic mass is 9.98. The molecule has 3 heterocycles. The minimum absolute atomic E-state index is 0.0632. The number of ether oxygens (including phenoxy) is 3. The van der Waals surface area contributed by atoms with Crippen LogP contribution in [0.4, 0.5) is 18.4 Å². The van der Waals surface area contributed by atoms with E-state index in [1.54, 1.807) is 56.1 Å². The molecular formula is C33H44F2N4O6. The SMILES string of the molecule is CC(C)OC(=O)N1CCC(COc2ccc(-c3ccc(CC(NC(=O)OC(C)(C)C)C(=O)N4CC[C@H](F)C4)c(F)c3)nc2)CC1. The fourth-order valence-corrected chi connectivity index (χ4v) is 5.29. The minimum atomic E-state index is -1.13. The molecule has 0 bridgehead atoms. The summed E-state index contributed by atoms with van der Waals surface area (Å²) in [6.45, 7) is 10.7. The number of rotatable bonds is 9. The summed E-state index contributed by atoms with van der Waals surface area (Å²) in [5, 5.41) is 2.55. The van der Waals surface area contributed by atoms with Gasteiger partial charge >= 0.3 is 12.2 Å². The number of carbonyl (C=O) groups excluding carboxylic acids is 3. The van der Waals surface area contributed by atoms with Crippen LogP contribution in [-0.2, 0) is 20.7 Å². The zero-order valence-corrected chi connectivity index (χ0v) is 26.7. The number of likely N-dealkylation sites (tertiary alicyclic amines) is 2. The Hall–Kier alpha value is -3.96. The molecule has 4 rings (SSSR count). The first kappa shape index (κ1) is 33.9. The summed E-state index contributed by atoms with van der Waals surface area (Å²) in [7, 11) is 0. The topological polar surface area (TPSA) is 110 Å². The Kier molecular flexibility index (Phi) is 11.2. The monoisotopic (exact) mass is 630 g/mol. The average Bonchev–Trinajstić information content (AvgIpc) is 3.41. The molecule has 2 atom stereocenters. The van der Waals surface area contributed by atoms with Gasteiger partial charge in [0.1, 0.15) is 29.4 Å². The van der Waals surface area contributed by atoms with Gasteiger partial charge in [0, 0.05) is 31.6 Å². The van der Waals surface area contributed by atoms with Crippen molar-refractivity contribution in [1.82, 2.24) is 20.1 Å². The number of alkyl halides is 1. The third-order valence-electron chi connectivity index (χ3n) is 7.64. The molecule has 1 unspecified atom stereocenters. The second-order valence-electron chi connectivity index (χ2n) is 12.9. The lowest BCUT2D eigenvalue weighted by Gasteiger charge is -2.31. The molecule has 246 valence electrons.